The maximum absolute atomic E-state index is 11.1. The Balaban J connectivity index is 3.02. The molecular weight excluding hydrogens is 246 g/mol. The van der Waals surface area contributed by atoms with Crippen molar-refractivity contribution in [2.75, 3.05) is 39.1 Å². The molecule has 1 atom stereocenters. The molecule has 0 fully saturated rings. The molecule has 1 N–H and O–H groups in total. The minimum absolute atomic E-state index is 0.0275. The zero-order chi connectivity index (χ0) is 14.6. The molecule has 0 amide bonds. The van der Waals surface area contributed by atoms with Gasteiger partial charge in [0.25, 0.3) is 5.69 Å². The Hall–Kier alpha value is -1.66. The number of aliphatic hydroxyl groups excluding tert-OH is 1. The first-order valence-corrected chi connectivity index (χ1v) is 6.15. The minimum Gasteiger partial charge on any atom is -0.389 e. The van der Waals surface area contributed by atoms with E-state index in [0.29, 0.717) is 17.8 Å². The maximum Gasteiger partial charge on any atom is 0.292 e. The average molecular weight is 267 g/mol. The van der Waals surface area contributed by atoms with Crippen molar-refractivity contribution in [2.45, 2.75) is 13.0 Å². The highest BCUT2D eigenvalue weighted by Gasteiger charge is 2.19. The van der Waals surface area contributed by atoms with Crippen LogP contribution in [0.15, 0.2) is 18.2 Å². The number of hydrogen-bond donors (Lipinski definition) is 1. The summed E-state index contributed by atoms with van der Waals surface area (Å²) >= 11 is 0. The van der Waals surface area contributed by atoms with E-state index in [2.05, 4.69) is 0 Å². The van der Waals surface area contributed by atoms with E-state index in [1.807, 2.05) is 30.9 Å². The molecule has 6 heteroatoms. The quantitative estimate of drug-likeness (QED) is 0.627. The van der Waals surface area contributed by atoms with E-state index in [0.717, 1.165) is 6.54 Å². The summed E-state index contributed by atoms with van der Waals surface area (Å²) in [6, 6.07) is 4.85. The van der Waals surface area contributed by atoms with Crippen molar-refractivity contribution >= 4 is 11.4 Å². The number of rotatable bonds is 6. The number of nitrogens with zero attached hydrogens (tertiary/aromatic N) is 3. The van der Waals surface area contributed by atoms with Gasteiger partial charge in [-0.25, -0.2) is 0 Å². The molecule has 0 aliphatic heterocycles. The molecule has 0 heterocycles. The smallest absolute Gasteiger partial charge is 0.292 e. The van der Waals surface area contributed by atoms with Crippen LogP contribution in [0.1, 0.15) is 18.6 Å². The third-order valence-corrected chi connectivity index (χ3v) is 2.97. The van der Waals surface area contributed by atoms with Gasteiger partial charge in [0.05, 0.1) is 11.0 Å². The Morgan fingerprint density at radius 1 is 1.32 bits per heavy atom. The number of anilines is 1. The lowest BCUT2D eigenvalue weighted by atomic mass is 10.1. The maximum atomic E-state index is 11.1. The van der Waals surface area contributed by atoms with Crippen molar-refractivity contribution in [2.24, 2.45) is 0 Å². The summed E-state index contributed by atoms with van der Waals surface area (Å²) in [5, 5.41) is 20.6. The number of likely N-dealkylation sites (N-methyl/N-ethyl adjacent to an activating group) is 2. The molecule has 1 aromatic rings. The van der Waals surface area contributed by atoms with Crippen LogP contribution in [0, 0.1) is 10.1 Å². The minimum atomic E-state index is -0.708. The van der Waals surface area contributed by atoms with Gasteiger partial charge in [-0.15, -0.1) is 0 Å². The highest BCUT2D eigenvalue weighted by atomic mass is 16.6. The number of nitro benzene ring substituents is 1. The van der Waals surface area contributed by atoms with Crippen molar-refractivity contribution in [3.05, 3.63) is 33.9 Å². The molecule has 0 aliphatic rings. The van der Waals surface area contributed by atoms with Gasteiger partial charge in [0.2, 0.25) is 0 Å². The molecule has 0 aromatic heterocycles. The van der Waals surface area contributed by atoms with Crippen molar-refractivity contribution in [1.29, 1.82) is 0 Å². The number of nitro groups is 1. The molecule has 1 rings (SSSR count). The molecule has 106 valence electrons. The van der Waals surface area contributed by atoms with Gasteiger partial charge in [-0.2, -0.15) is 0 Å². The van der Waals surface area contributed by atoms with Crippen LogP contribution in [0.25, 0.3) is 0 Å². The van der Waals surface area contributed by atoms with Crippen LogP contribution >= 0.6 is 0 Å². The molecule has 0 aliphatic carbocycles. The Morgan fingerprint density at radius 3 is 2.42 bits per heavy atom. The molecular formula is C13H21N3O3. The summed E-state index contributed by atoms with van der Waals surface area (Å²) in [6.07, 6.45) is -0.708. The van der Waals surface area contributed by atoms with Gasteiger partial charge < -0.3 is 14.9 Å². The molecule has 6 nitrogen and oxygen atoms in total. The average Bonchev–Trinajstić information content (AvgIpc) is 2.34. The van der Waals surface area contributed by atoms with E-state index in [1.165, 1.54) is 6.07 Å². The second-order valence-corrected chi connectivity index (χ2v) is 4.91. The summed E-state index contributed by atoms with van der Waals surface area (Å²) in [6.45, 7) is 3.10. The molecule has 0 saturated carbocycles. The zero-order valence-corrected chi connectivity index (χ0v) is 11.8. The van der Waals surface area contributed by atoms with Gasteiger partial charge in [-0.1, -0.05) is 6.07 Å². The second-order valence-electron chi connectivity index (χ2n) is 4.91. The fraction of sp³-hybridized carbons (Fsp3) is 0.538. The van der Waals surface area contributed by atoms with Crippen molar-refractivity contribution in [1.82, 2.24) is 4.90 Å². The van der Waals surface area contributed by atoms with E-state index in [4.69, 9.17) is 0 Å². The van der Waals surface area contributed by atoms with Crippen LogP contribution in [0.3, 0.4) is 0 Å². The molecule has 1 aromatic carbocycles. The van der Waals surface area contributed by atoms with Crippen LogP contribution < -0.4 is 4.90 Å². The number of aliphatic hydroxyl groups is 1. The van der Waals surface area contributed by atoms with Gasteiger partial charge >= 0.3 is 0 Å². The lowest BCUT2D eigenvalue weighted by Crippen LogP contribution is -2.28. The normalized spacial score (nSPS) is 12.5. The summed E-state index contributed by atoms with van der Waals surface area (Å²) < 4.78 is 0. The van der Waals surface area contributed by atoms with Crippen molar-refractivity contribution in [3.63, 3.8) is 0 Å². The molecule has 1 unspecified atom stereocenters. The highest BCUT2D eigenvalue weighted by Crippen LogP contribution is 2.30. The standard InChI is InChI=1S/C13H21N3O3/c1-10(17)11-5-6-12(13(9-11)16(18)19)15(4)8-7-14(2)3/h5-6,9-10,17H,7-8H2,1-4H3. The van der Waals surface area contributed by atoms with E-state index >= 15 is 0 Å². The number of hydrogen-bond acceptors (Lipinski definition) is 5. The Kier molecular flexibility index (Phi) is 5.26. The van der Waals surface area contributed by atoms with E-state index < -0.39 is 11.0 Å². The Labute approximate surface area is 113 Å². The monoisotopic (exact) mass is 267 g/mol. The summed E-state index contributed by atoms with van der Waals surface area (Å²) in [5.41, 5.74) is 1.15. The van der Waals surface area contributed by atoms with E-state index in [9.17, 15) is 15.2 Å². The van der Waals surface area contributed by atoms with E-state index in [-0.39, 0.29) is 5.69 Å². The first-order valence-electron chi connectivity index (χ1n) is 6.15. The Morgan fingerprint density at radius 2 is 1.95 bits per heavy atom. The molecule has 0 bridgehead atoms. The topological polar surface area (TPSA) is 69.8 Å². The molecule has 19 heavy (non-hydrogen) atoms. The van der Waals surface area contributed by atoms with Crippen LogP contribution in [0.4, 0.5) is 11.4 Å². The molecule has 0 spiro atoms. The summed E-state index contributed by atoms with van der Waals surface area (Å²) in [5.74, 6) is 0. The van der Waals surface area contributed by atoms with Crippen molar-refractivity contribution in [3.8, 4) is 0 Å². The second kappa shape index (κ2) is 6.49. The Bertz CT molecular complexity index is 447. The lowest BCUT2D eigenvalue weighted by Gasteiger charge is -2.21. The van der Waals surface area contributed by atoms with Crippen LogP contribution in [0.2, 0.25) is 0 Å². The van der Waals surface area contributed by atoms with Gasteiger partial charge in [-0.05, 0) is 32.6 Å². The largest absolute Gasteiger partial charge is 0.389 e. The number of benzene rings is 1. The van der Waals surface area contributed by atoms with Crippen molar-refractivity contribution < 1.29 is 10.0 Å². The van der Waals surface area contributed by atoms with Gasteiger partial charge in [-0.3, -0.25) is 10.1 Å². The lowest BCUT2D eigenvalue weighted by molar-refractivity contribution is -0.384. The van der Waals surface area contributed by atoms with Crippen LogP contribution in [-0.4, -0.2) is 49.2 Å². The predicted molar refractivity (Wildman–Crippen MR) is 75.6 cm³/mol. The first-order chi connectivity index (χ1) is 8.82. The molecule has 0 radical (unpaired) electrons. The fourth-order valence-electron chi connectivity index (χ4n) is 1.74. The van der Waals surface area contributed by atoms with Gasteiger partial charge in [0.15, 0.2) is 0 Å². The SMILES string of the molecule is CC(O)c1ccc(N(C)CCN(C)C)c([N+](=O)[O-])c1. The summed E-state index contributed by atoms with van der Waals surface area (Å²) in [7, 11) is 5.74. The van der Waals surface area contributed by atoms with Crippen LogP contribution in [-0.2, 0) is 0 Å². The van der Waals surface area contributed by atoms with Crippen LogP contribution in [0.5, 0.6) is 0 Å². The third-order valence-electron chi connectivity index (χ3n) is 2.97. The fourth-order valence-corrected chi connectivity index (χ4v) is 1.74. The summed E-state index contributed by atoms with van der Waals surface area (Å²) in [4.78, 5) is 14.6. The predicted octanol–water partition coefficient (Wildman–Crippen LogP) is 1.65. The highest BCUT2D eigenvalue weighted by molar-refractivity contribution is 5.64. The molecule has 0 saturated heterocycles. The van der Waals surface area contributed by atoms with Gasteiger partial charge in [0.1, 0.15) is 5.69 Å². The van der Waals surface area contributed by atoms with Gasteiger partial charge in [0, 0.05) is 26.2 Å². The third kappa shape index (κ3) is 4.18. The van der Waals surface area contributed by atoms with E-state index in [1.54, 1.807) is 19.1 Å². The first kappa shape index (κ1) is 15.4. The zero-order valence-electron chi connectivity index (χ0n) is 11.8.